The lowest BCUT2D eigenvalue weighted by molar-refractivity contribution is 0.0428. The number of rotatable bonds is 4. The maximum Gasteiger partial charge on any atom is 0.424 e. The number of anilines is 2. The van der Waals surface area contributed by atoms with Gasteiger partial charge in [-0.2, -0.15) is 15.1 Å². The fourth-order valence-electron chi connectivity index (χ4n) is 6.45. The number of nitrogens with zero attached hydrogens (tertiary/aromatic N) is 5. The summed E-state index contributed by atoms with van der Waals surface area (Å²) in [5, 5.41) is 11.2. The monoisotopic (exact) mass is 786 g/mol. The molecule has 1 N–H and O–H groups in total. The van der Waals surface area contributed by atoms with Crippen molar-refractivity contribution in [3.8, 4) is 22.5 Å². The molecule has 4 aromatic rings. The van der Waals surface area contributed by atoms with Crippen LogP contribution in [0.5, 0.6) is 0 Å². The highest BCUT2D eigenvalue weighted by Gasteiger charge is 2.37. The van der Waals surface area contributed by atoms with Crippen LogP contribution in [0.1, 0.15) is 94.2 Å². The van der Waals surface area contributed by atoms with Crippen LogP contribution in [-0.2, 0) is 49.6 Å². The molecule has 0 saturated heterocycles. The first kappa shape index (κ1) is 42.0. The summed E-state index contributed by atoms with van der Waals surface area (Å²) in [6.45, 7) is 16.7. The minimum atomic E-state index is -0.947. The van der Waals surface area contributed by atoms with E-state index in [1.54, 1.807) is 86.8 Å². The Balaban J connectivity index is 0.000000224. The van der Waals surface area contributed by atoms with Crippen molar-refractivity contribution < 1.29 is 47.7 Å². The summed E-state index contributed by atoms with van der Waals surface area (Å²) in [6, 6.07) is 10.6. The lowest BCUT2D eigenvalue weighted by atomic mass is 9.92. The molecule has 16 heteroatoms. The van der Waals surface area contributed by atoms with Crippen LogP contribution in [0.25, 0.3) is 22.5 Å². The number of aryl methyl sites for hydroxylation is 2. The number of fused-ring (bicyclic) bond motifs is 6. The van der Waals surface area contributed by atoms with Crippen molar-refractivity contribution in [2.75, 3.05) is 24.4 Å². The molecular weight excluding hydrogens is 736 g/mol. The topological polar surface area (TPSA) is 182 Å². The summed E-state index contributed by atoms with van der Waals surface area (Å²) in [5.41, 5.74) is 3.52. The maximum atomic E-state index is 13.1. The molecule has 3 amide bonds. The van der Waals surface area contributed by atoms with Crippen LogP contribution < -0.4 is 10.2 Å². The number of benzene rings is 2. The molecule has 16 nitrogen and oxygen atoms in total. The van der Waals surface area contributed by atoms with E-state index in [0.29, 0.717) is 42.7 Å². The average Bonchev–Trinajstić information content (AvgIpc) is 3.79. The van der Waals surface area contributed by atoms with Gasteiger partial charge >= 0.3 is 30.2 Å². The SMILES string of the molecule is COC(=O)c1c(N(C(=O)OC(C)(C)C)C(=O)OC(C)(C)C)ccc2c1CCn1nccc1-2.COC(=O)c1c(NC(=O)OC(C)(C)C)ccc2c1CCn1nccc1-2. The van der Waals surface area contributed by atoms with E-state index in [4.69, 9.17) is 23.7 Å². The van der Waals surface area contributed by atoms with Gasteiger partial charge in [0.05, 0.1) is 48.1 Å². The Hall–Kier alpha value is -6.19. The molecule has 0 atom stereocenters. The van der Waals surface area contributed by atoms with Gasteiger partial charge in [-0.15, -0.1) is 0 Å². The van der Waals surface area contributed by atoms with Crippen LogP contribution in [0.3, 0.4) is 0 Å². The Morgan fingerprint density at radius 3 is 1.51 bits per heavy atom. The van der Waals surface area contributed by atoms with E-state index in [1.807, 2.05) is 27.6 Å². The summed E-state index contributed by atoms with van der Waals surface area (Å²) in [7, 11) is 2.58. The van der Waals surface area contributed by atoms with Crippen LogP contribution >= 0.6 is 0 Å². The first-order valence-electron chi connectivity index (χ1n) is 18.4. The Morgan fingerprint density at radius 2 is 1.05 bits per heavy atom. The van der Waals surface area contributed by atoms with Crippen LogP contribution in [0.4, 0.5) is 25.8 Å². The summed E-state index contributed by atoms with van der Waals surface area (Å²) in [6.07, 6.45) is 2.00. The van der Waals surface area contributed by atoms with Crippen molar-refractivity contribution in [2.24, 2.45) is 0 Å². The van der Waals surface area contributed by atoms with Crippen LogP contribution in [0, 0.1) is 0 Å². The van der Waals surface area contributed by atoms with E-state index in [1.165, 1.54) is 20.3 Å². The van der Waals surface area contributed by atoms with Crippen molar-refractivity contribution in [2.45, 2.75) is 105 Å². The van der Waals surface area contributed by atoms with Crippen molar-refractivity contribution in [3.05, 3.63) is 71.0 Å². The number of carbonyl (C=O) groups excluding carboxylic acids is 5. The number of hydrogen-bond acceptors (Lipinski definition) is 12. The fourth-order valence-corrected chi connectivity index (χ4v) is 6.45. The lowest BCUT2D eigenvalue weighted by Crippen LogP contribution is -2.44. The molecule has 304 valence electrons. The second-order valence-electron chi connectivity index (χ2n) is 16.3. The Bertz CT molecular complexity index is 2170. The van der Waals surface area contributed by atoms with Crippen molar-refractivity contribution in [1.82, 2.24) is 19.6 Å². The summed E-state index contributed by atoms with van der Waals surface area (Å²) in [4.78, 5) is 64.4. The first-order valence-corrected chi connectivity index (χ1v) is 18.4. The number of nitrogens with one attached hydrogen (secondary N) is 1. The quantitative estimate of drug-likeness (QED) is 0.157. The predicted octanol–water partition coefficient (Wildman–Crippen LogP) is 7.81. The summed E-state index contributed by atoms with van der Waals surface area (Å²) >= 11 is 0. The van der Waals surface area contributed by atoms with Crippen molar-refractivity contribution >= 4 is 41.6 Å². The van der Waals surface area contributed by atoms with Crippen LogP contribution in [-0.4, -0.2) is 80.8 Å². The summed E-state index contributed by atoms with van der Waals surface area (Å²) in [5.74, 6) is -1.15. The summed E-state index contributed by atoms with van der Waals surface area (Å²) < 4.78 is 29.9. The Morgan fingerprint density at radius 1 is 0.614 bits per heavy atom. The van der Waals surface area contributed by atoms with E-state index in [2.05, 4.69) is 15.5 Å². The first-order chi connectivity index (χ1) is 26.6. The van der Waals surface area contributed by atoms with Gasteiger partial charge in [0.1, 0.15) is 16.8 Å². The molecule has 6 rings (SSSR count). The number of aromatic nitrogens is 4. The molecule has 0 spiro atoms. The minimum absolute atomic E-state index is 0.0482. The normalized spacial score (nSPS) is 12.9. The molecule has 0 aliphatic carbocycles. The highest BCUT2D eigenvalue weighted by atomic mass is 16.6. The molecular formula is C41H50N6O10. The van der Waals surface area contributed by atoms with Crippen molar-refractivity contribution in [3.63, 3.8) is 0 Å². The second-order valence-corrected chi connectivity index (χ2v) is 16.3. The van der Waals surface area contributed by atoms with Gasteiger partial charge in [-0.25, -0.2) is 24.0 Å². The molecule has 2 aliphatic heterocycles. The number of ether oxygens (including phenoxy) is 5. The number of methoxy groups -OCH3 is 2. The minimum Gasteiger partial charge on any atom is -0.465 e. The molecule has 2 aromatic heterocycles. The third kappa shape index (κ3) is 9.62. The standard InChI is InChI=1S/C23H29N3O6.C18H21N3O4/c1-22(2,3)31-20(28)26(21(29)32-23(4,5)6)17-9-8-14-15(18(17)19(27)30-7)11-13-25-16(14)10-12-24-25;1-18(2,3)25-17(23)20-13-6-5-11-12(15(13)16(22)24-4)8-10-21-14(11)7-9-19-21/h8-10,12H,11,13H2,1-7H3;5-7,9H,8,10H2,1-4H3,(H,20,23). The zero-order valence-corrected chi connectivity index (χ0v) is 34.3. The Kier molecular flexibility index (Phi) is 11.9. The largest absolute Gasteiger partial charge is 0.465 e. The second kappa shape index (κ2) is 16.1. The van der Waals surface area contributed by atoms with Gasteiger partial charge in [0.25, 0.3) is 0 Å². The number of imide groups is 1. The number of carbonyl (C=O) groups is 5. The predicted molar refractivity (Wildman–Crippen MR) is 210 cm³/mol. The number of esters is 2. The molecule has 0 saturated carbocycles. The van der Waals surface area contributed by atoms with E-state index in [0.717, 1.165) is 33.0 Å². The van der Waals surface area contributed by atoms with Gasteiger partial charge in [-0.1, -0.05) is 12.1 Å². The molecule has 0 radical (unpaired) electrons. The fraction of sp³-hybridized carbons (Fsp3) is 0.439. The highest BCUT2D eigenvalue weighted by Crippen LogP contribution is 2.38. The molecule has 2 aliphatic rings. The smallest absolute Gasteiger partial charge is 0.424 e. The molecule has 0 bridgehead atoms. The molecule has 0 fully saturated rings. The lowest BCUT2D eigenvalue weighted by Gasteiger charge is -2.30. The van der Waals surface area contributed by atoms with Gasteiger partial charge in [0.15, 0.2) is 0 Å². The van der Waals surface area contributed by atoms with Crippen LogP contribution in [0.15, 0.2) is 48.8 Å². The van der Waals surface area contributed by atoms with E-state index >= 15 is 0 Å². The zero-order valence-electron chi connectivity index (χ0n) is 34.3. The molecule has 57 heavy (non-hydrogen) atoms. The number of hydrogen-bond donors (Lipinski definition) is 1. The zero-order chi connectivity index (χ0) is 42.0. The van der Waals surface area contributed by atoms with E-state index < -0.39 is 47.0 Å². The Labute approximate surface area is 331 Å². The van der Waals surface area contributed by atoms with Gasteiger partial charge in [-0.3, -0.25) is 14.7 Å². The van der Waals surface area contributed by atoms with Crippen LogP contribution in [0.2, 0.25) is 0 Å². The third-order valence-corrected chi connectivity index (χ3v) is 8.54. The maximum absolute atomic E-state index is 13.1. The van der Waals surface area contributed by atoms with E-state index in [9.17, 15) is 24.0 Å². The van der Waals surface area contributed by atoms with E-state index in [-0.39, 0.29) is 11.3 Å². The third-order valence-electron chi connectivity index (χ3n) is 8.54. The van der Waals surface area contributed by atoms with Gasteiger partial charge in [-0.05, 0) is 111 Å². The molecule has 2 aromatic carbocycles. The van der Waals surface area contributed by atoms with Gasteiger partial charge in [0, 0.05) is 36.6 Å². The van der Waals surface area contributed by atoms with Crippen molar-refractivity contribution in [1.29, 1.82) is 0 Å². The average molecular weight is 787 g/mol. The molecule has 0 unspecified atom stereocenters. The number of amides is 3. The van der Waals surface area contributed by atoms with Gasteiger partial charge < -0.3 is 23.7 Å². The highest BCUT2D eigenvalue weighted by molar-refractivity contribution is 6.14. The van der Waals surface area contributed by atoms with Gasteiger partial charge in [0.2, 0.25) is 0 Å². The molecule has 4 heterocycles.